The van der Waals surface area contributed by atoms with Gasteiger partial charge in [-0.15, -0.1) is 0 Å². The number of nitrogens with one attached hydrogen (secondary N) is 1. The van der Waals surface area contributed by atoms with Crippen LogP contribution in [0.5, 0.6) is 5.75 Å². The van der Waals surface area contributed by atoms with Crippen LogP contribution in [0.15, 0.2) is 18.3 Å². The molecule has 96 valence electrons. The Labute approximate surface area is 104 Å². The van der Waals surface area contributed by atoms with E-state index in [1.54, 1.807) is 12.1 Å². The Kier molecular flexibility index (Phi) is 2.91. The van der Waals surface area contributed by atoms with Crippen LogP contribution in [0.2, 0.25) is 0 Å². The van der Waals surface area contributed by atoms with E-state index < -0.39 is 0 Å². The molecule has 1 aliphatic carbocycles. The van der Waals surface area contributed by atoms with Gasteiger partial charge >= 0.3 is 0 Å². The molecule has 1 aromatic carbocycles. The molecule has 1 heterocycles. The smallest absolute Gasteiger partial charge is 0.176 e. The van der Waals surface area contributed by atoms with E-state index in [2.05, 4.69) is 10.2 Å². The first-order valence-electron chi connectivity index (χ1n) is 6.28. The van der Waals surface area contributed by atoms with Gasteiger partial charge in [0.25, 0.3) is 0 Å². The number of hydrogen-bond acceptors (Lipinski definition) is 3. The first kappa shape index (κ1) is 11.5. The second-order valence-electron chi connectivity index (χ2n) is 4.88. The predicted molar refractivity (Wildman–Crippen MR) is 66.9 cm³/mol. The minimum absolute atomic E-state index is 0.0209. The number of fused-ring (bicyclic) bond motifs is 1. The molecule has 3 rings (SSSR count). The SMILES string of the molecule is N[C@H]1CCC[C@@H](Oc2ccc3[nH]ncc3c2F)C1. The van der Waals surface area contributed by atoms with E-state index in [1.807, 2.05) is 0 Å². The van der Waals surface area contributed by atoms with E-state index in [1.165, 1.54) is 6.20 Å². The van der Waals surface area contributed by atoms with Gasteiger partial charge in [-0.2, -0.15) is 5.10 Å². The molecule has 3 N–H and O–H groups in total. The van der Waals surface area contributed by atoms with Crippen molar-refractivity contribution in [1.82, 2.24) is 10.2 Å². The van der Waals surface area contributed by atoms with Gasteiger partial charge in [0.2, 0.25) is 0 Å². The highest BCUT2D eigenvalue weighted by Crippen LogP contribution is 2.28. The summed E-state index contributed by atoms with van der Waals surface area (Å²) in [5.41, 5.74) is 6.58. The van der Waals surface area contributed by atoms with E-state index in [0.29, 0.717) is 16.7 Å². The molecule has 4 nitrogen and oxygen atoms in total. The zero-order chi connectivity index (χ0) is 12.5. The number of nitrogens with two attached hydrogens (primary N) is 1. The minimum atomic E-state index is -0.347. The summed E-state index contributed by atoms with van der Waals surface area (Å²) < 4.78 is 19.9. The highest BCUT2D eigenvalue weighted by molar-refractivity contribution is 5.80. The standard InChI is InChI=1S/C13H16FN3O/c14-13-10-7-16-17-11(10)4-5-12(13)18-9-3-1-2-8(15)6-9/h4-5,7-9H,1-3,6,15H2,(H,16,17)/t8-,9+/m0/s1. The van der Waals surface area contributed by atoms with Gasteiger partial charge in [0, 0.05) is 6.04 Å². The van der Waals surface area contributed by atoms with Crippen molar-refractivity contribution in [2.75, 3.05) is 0 Å². The van der Waals surface area contributed by atoms with Crippen molar-refractivity contribution in [2.24, 2.45) is 5.73 Å². The van der Waals surface area contributed by atoms with Gasteiger partial charge in [-0.05, 0) is 37.8 Å². The van der Waals surface area contributed by atoms with Crippen LogP contribution in [0.1, 0.15) is 25.7 Å². The van der Waals surface area contributed by atoms with Crippen LogP contribution >= 0.6 is 0 Å². The lowest BCUT2D eigenvalue weighted by atomic mass is 9.93. The largest absolute Gasteiger partial charge is 0.487 e. The first-order chi connectivity index (χ1) is 8.74. The fraction of sp³-hybridized carbons (Fsp3) is 0.462. The normalized spacial score (nSPS) is 24.3. The lowest BCUT2D eigenvalue weighted by Crippen LogP contribution is -2.33. The summed E-state index contributed by atoms with van der Waals surface area (Å²) in [4.78, 5) is 0. The molecule has 0 spiro atoms. The number of ether oxygens (including phenoxy) is 1. The van der Waals surface area contributed by atoms with Crippen LogP contribution in [-0.2, 0) is 0 Å². The molecule has 1 aliphatic rings. The molecular formula is C13H16FN3O. The molecular weight excluding hydrogens is 233 g/mol. The monoisotopic (exact) mass is 249 g/mol. The van der Waals surface area contributed by atoms with Gasteiger partial charge in [0.05, 0.1) is 17.1 Å². The molecule has 2 aromatic rings. The number of rotatable bonds is 2. The predicted octanol–water partition coefficient (Wildman–Crippen LogP) is 2.35. The number of aromatic nitrogens is 2. The molecule has 0 amide bonds. The van der Waals surface area contributed by atoms with E-state index >= 15 is 0 Å². The van der Waals surface area contributed by atoms with Crippen molar-refractivity contribution < 1.29 is 9.13 Å². The quantitative estimate of drug-likeness (QED) is 0.858. The number of benzene rings is 1. The minimum Gasteiger partial charge on any atom is -0.487 e. The molecule has 18 heavy (non-hydrogen) atoms. The van der Waals surface area contributed by atoms with Crippen LogP contribution in [0.4, 0.5) is 4.39 Å². The highest BCUT2D eigenvalue weighted by Gasteiger charge is 2.22. The number of nitrogens with zero attached hydrogens (tertiary/aromatic N) is 1. The Morgan fingerprint density at radius 2 is 2.28 bits per heavy atom. The highest BCUT2D eigenvalue weighted by atomic mass is 19.1. The summed E-state index contributed by atoms with van der Waals surface area (Å²) in [5.74, 6) is -0.0524. The topological polar surface area (TPSA) is 63.9 Å². The average Bonchev–Trinajstić information content (AvgIpc) is 2.82. The van der Waals surface area contributed by atoms with Gasteiger partial charge in [0.15, 0.2) is 11.6 Å². The molecule has 2 atom stereocenters. The maximum absolute atomic E-state index is 14.1. The molecule has 0 unspecified atom stereocenters. The number of hydrogen-bond donors (Lipinski definition) is 2. The molecule has 0 bridgehead atoms. The third-order valence-electron chi connectivity index (χ3n) is 3.48. The van der Waals surface area contributed by atoms with E-state index in [0.717, 1.165) is 25.7 Å². The van der Waals surface area contributed by atoms with Crippen molar-refractivity contribution in [3.63, 3.8) is 0 Å². The third kappa shape index (κ3) is 2.06. The van der Waals surface area contributed by atoms with E-state index in [9.17, 15) is 4.39 Å². The average molecular weight is 249 g/mol. The number of H-pyrrole nitrogens is 1. The van der Waals surface area contributed by atoms with Crippen molar-refractivity contribution in [1.29, 1.82) is 0 Å². The molecule has 0 radical (unpaired) electrons. The lowest BCUT2D eigenvalue weighted by Gasteiger charge is -2.27. The Hall–Kier alpha value is -1.62. The molecule has 1 aromatic heterocycles. The lowest BCUT2D eigenvalue weighted by molar-refractivity contribution is 0.139. The Bertz CT molecular complexity index is 554. The molecule has 1 saturated carbocycles. The molecule has 1 fully saturated rings. The molecule has 5 heteroatoms. The van der Waals surface area contributed by atoms with Crippen LogP contribution in [0.25, 0.3) is 10.9 Å². The zero-order valence-electron chi connectivity index (χ0n) is 10.0. The van der Waals surface area contributed by atoms with Gasteiger partial charge < -0.3 is 10.5 Å². The van der Waals surface area contributed by atoms with Crippen LogP contribution in [-0.4, -0.2) is 22.3 Å². The fourth-order valence-electron chi connectivity index (χ4n) is 2.52. The van der Waals surface area contributed by atoms with Gasteiger partial charge in [-0.25, -0.2) is 4.39 Å². The third-order valence-corrected chi connectivity index (χ3v) is 3.48. The first-order valence-corrected chi connectivity index (χ1v) is 6.28. The summed E-state index contributed by atoms with van der Waals surface area (Å²) >= 11 is 0. The maximum Gasteiger partial charge on any atom is 0.176 e. The van der Waals surface area contributed by atoms with Crippen molar-refractivity contribution >= 4 is 10.9 Å². The molecule has 0 saturated heterocycles. The van der Waals surface area contributed by atoms with Crippen LogP contribution in [0.3, 0.4) is 0 Å². The summed E-state index contributed by atoms with van der Waals surface area (Å²) in [7, 11) is 0. The Morgan fingerprint density at radius 3 is 3.11 bits per heavy atom. The Balaban J connectivity index is 1.83. The number of aromatic amines is 1. The maximum atomic E-state index is 14.1. The Morgan fingerprint density at radius 1 is 1.39 bits per heavy atom. The van der Waals surface area contributed by atoms with Crippen molar-refractivity contribution in [2.45, 2.75) is 37.8 Å². The van der Waals surface area contributed by atoms with E-state index in [4.69, 9.17) is 10.5 Å². The van der Waals surface area contributed by atoms with Crippen molar-refractivity contribution in [3.05, 3.63) is 24.1 Å². The van der Waals surface area contributed by atoms with Gasteiger partial charge in [-0.3, -0.25) is 5.10 Å². The fourth-order valence-corrected chi connectivity index (χ4v) is 2.52. The second-order valence-corrected chi connectivity index (χ2v) is 4.88. The van der Waals surface area contributed by atoms with Gasteiger partial charge in [0.1, 0.15) is 6.10 Å². The zero-order valence-corrected chi connectivity index (χ0v) is 10.0. The molecule has 0 aliphatic heterocycles. The van der Waals surface area contributed by atoms with E-state index in [-0.39, 0.29) is 18.0 Å². The summed E-state index contributed by atoms with van der Waals surface area (Å²) in [5, 5.41) is 7.02. The van der Waals surface area contributed by atoms with Crippen molar-refractivity contribution in [3.8, 4) is 5.75 Å². The summed E-state index contributed by atoms with van der Waals surface area (Å²) in [6.07, 6.45) is 5.31. The van der Waals surface area contributed by atoms with Crippen LogP contribution < -0.4 is 10.5 Å². The van der Waals surface area contributed by atoms with Gasteiger partial charge in [-0.1, -0.05) is 0 Å². The number of halogens is 1. The summed E-state index contributed by atoms with van der Waals surface area (Å²) in [6, 6.07) is 3.60. The van der Waals surface area contributed by atoms with Crippen LogP contribution in [0, 0.1) is 5.82 Å². The summed E-state index contributed by atoms with van der Waals surface area (Å²) in [6.45, 7) is 0. The second kappa shape index (κ2) is 4.57.